The van der Waals surface area contributed by atoms with Gasteiger partial charge in [0, 0.05) is 18.3 Å². The van der Waals surface area contributed by atoms with E-state index >= 15 is 0 Å². The fourth-order valence-corrected chi connectivity index (χ4v) is 3.91. The number of hydrogen-bond acceptors (Lipinski definition) is 5. The van der Waals surface area contributed by atoms with Crippen LogP contribution in [0.5, 0.6) is 0 Å². The van der Waals surface area contributed by atoms with Gasteiger partial charge in [-0.05, 0) is 37.3 Å². The maximum Gasteiger partial charge on any atom is 0.416 e. The zero-order valence-electron chi connectivity index (χ0n) is 18.5. The van der Waals surface area contributed by atoms with Gasteiger partial charge in [0.05, 0.1) is 46.6 Å². The van der Waals surface area contributed by atoms with Crippen LogP contribution in [0.1, 0.15) is 22.4 Å². The van der Waals surface area contributed by atoms with Crippen molar-refractivity contribution < 1.29 is 18.3 Å². The van der Waals surface area contributed by atoms with Gasteiger partial charge in [-0.1, -0.05) is 18.2 Å². The van der Waals surface area contributed by atoms with Crippen molar-refractivity contribution in [3.63, 3.8) is 0 Å². The molecule has 2 aromatic carbocycles. The molecule has 8 nitrogen and oxygen atoms in total. The van der Waals surface area contributed by atoms with Crippen molar-refractivity contribution in [2.45, 2.75) is 19.7 Å². The molecule has 0 fully saturated rings. The first kappa shape index (κ1) is 23.7. The molecule has 178 valence electrons. The second-order valence-corrected chi connectivity index (χ2v) is 7.71. The SMILES string of the molecule is Cc1c(-c2c(CO)cnn2-c2ccccc2C#N)c(=O)n(C)c(=O)n1-c1cccc(C(F)(F)F)c1. The molecule has 4 aromatic rings. The predicted molar refractivity (Wildman–Crippen MR) is 120 cm³/mol. The van der Waals surface area contributed by atoms with Gasteiger partial charge in [0.1, 0.15) is 6.07 Å². The molecule has 0 atom stereocenters. The minimum atomic E-state index is -4.64. The highest BCUT2D eigenvalue weighted by molar-refractivity contribution is 5.69. The molecule has 2 aromatic heterocycles. The Morgan fingerprint density at radius 2 is 1.83 bits per heavy atom. The zero-order chi connectivity index (χ0) is 25.5. The van der Waals surface area contributed by atoms with Gasteiger partial charge in [0.15, 0.2) is 0 Å². The van der Waals surface area contributed by atoms with Gasteiger partial charge in [-0.2, -0.15) is 23.5 Å². The number of nitriles is 1. The topological polar surface area (TPSA) is 106 Å². The van der Waals surface area contributed by atoms with Gasteiger partial charge < -0.3 is 5.11 Å². The monoisotopic (exact) mass is 481 g/mol. The number of benzene rings is 2. The van der Waals surface area contributed by atoms with Crippen LogP contribution in [-0.4, -0.2) is 24.0 Å². The second-order valence-electron chi connectivity index (χ2n) is 7.71. The summed E-state index contributed by atoms with van der Waals surface area (Å²) in [6.07, 6.45) is -3.32. The van der Waals surface area contributed by atoms with E-state index in [9.17, 15) is 33.1 Å². The van der Waals surface area contributed by atoms with Crippen LogP contribution in [0.2, 0.25) is 0 Å². The van der Waals surface area contributed by atoms with Crippen molar-refractivity contribution in [3.05, 3.63) is 98.0 Å². The Morgan fingerprint density at radius 3 is 2.49 bits per heavy atom. The van der Waals surface area contributed by atoms with Crippen molar-refractivity contribution in [2.24, 2.45) is 7.05 Å². The summed E-state index contributed by atoms with van der Waals surface area (Å²) >= 11 is 0. The molecule has 0 aliphatic heterocycles. The van der Waals surface area contributed by atoms with E-state index in [-0.39, 0.29) is 33.8 Å². The Hall–Kier alpha value is -4.43. The van der Waals surface area contributed by atoms with E-state index < -0.39 is 29.6 Å². The maximum absolute atomic E-state index is 13.3. The lowest BCUT2D eigenvalue weighted by atomic mass is 10.1. The van der Waals surface area contributed by atoms with E-state index in [1.165, 1.54) is 37.0 Å². The van der Waals surface area contributed by atoms with Gasteiger partial charge in [0.25, 0.3) is 5.56 Å². The number of hydrogen-bond donors (Lipinski definition) is 1. The smallest absolute Gasteiger partial charge is 0.392 e. The highest BCUT2D eigenvalue weighted by atomic mass is 19.4. The summed E-state index contributed by atoms with van der Waals surface area (Å²) in [5.74, 6) is 0. The summed E-state index contributed by atoms with van der Waals surface area (Å²) in [6.45, 7) is 0.905. The summed E-state index contributed by atoms with van der Waals surface area (Å²) in [5, 5.41) is 23.7. The largest absolute Gasteiger partial charge is 0.416 e. The fraction of sp³-hybridized carbons (Fsp3) is 0.167. The Labute approximate surface area is 196 Å². The van der Waals surface area contributed by atoms with Gasteiger partial charge in [-0.15, -0.1) is 0 Å². The normalized spacial score (nSPS) is 11.5. The van der Waals surface area contributed by atoms with Crippen molar-refractivity contribution in [2.75, 3.05) is 0 Å². The second kappa shape index (κ2) is 8.73. The molecule has 0 aliphatic rings. The van der Waals surface area contributed by atoms with Crippen LogP contribution in [0.4, 0.5) is 13.2 Å². The summed E-state index contributed by atoms with van der Waals surface area (Å²) in [6, 6.07) is 12.7. The number of rotatable bonds is 4. The zero-order valence-corrected chi connectivity index (χ0v) is 18.5. The Morgan fingerprint density at radius 1 is 1.11 bits per heavy atom. The molecular formula is C24H18F3N5O3. The predicted octanol–water partition coefficient (Wildman–Crippen LogP) is 3.08. The van der Waals surface area contributed by atoms with E-state index in [1.807, 2.05) is 6.07 Å². The Kier molecular flexibility index (Phi) is 5.92. The van der Waals surface area contributed by atoms with Gasteiger partial charge in [-0.25, -0.2) is 9.48 Å². The molecule has 0 radical (unpaired) electrons. The lowest BCUT2D eigenvalue weighted by Gasteiger charge is -2.18. The van der Waals surface area contributed by atoms with Crippen molar-refractivity contribution in [1.82, 2.24) is 18.9 Å². The lowest BCUT2D eigenvalue weighted by Crippen LogP contribution is -2.40. The standard InChI is InChI=1S/C24H18F3N5O3/c1-14-20(21-16(13-33)12-29-32(21)19-9-4-3-6-15(19)11-28)22(34)30(2)23(35)31(14)18-8-5-7-17(10-18)24(25,26)27/h3-10,12,33H,13H2,1-2H3. The molecule has 0 amide bonds. The van der Waals surface area contributed by atoms with Crippen LogP contribution >= 0.6 is 0 Å². The Balaban J connectivity index is 2.10. The first-order chi connectivity index (χ1) is 16.6. The van der Waals surface area contributed by atoms with Crippen molar-refractivity contribution in [1.29, 1.82) is 5.26 Å². The van der Waals surface area contributed by atoms with E-state index in [0.29, 0.717) is 5.69 Å². The van der Waals surface area contributed by atoms with Crippen LogP contribution in [0.15, 0.2) is 64.3 Å². The summed E-state index contributed by atoms with van der Waals surface area (Å²) in [7, 11) is 1.21. The highest BCUT2D eigenvalue weighted by Crippen LogP contribution is 2.32. The summed E-state index contributed by atoms with van der Waals surface area (Å²) in [4.78, 5) is 26.3. The van der Waals surface area contributed by atoms with Crippen molar-refractivity contribution >= 4 is 0 Å². The molecule has 0 unspecified atom stereocenters. The summed E-state index contributed by atoms with van der Waals surface area (Å²) < 4.78 is 43.1. The average Bonchev–Trinajstić information content (AvgIpc) is 3.26. The van der Waals surface area contributed by atoms with Crippen molar-refractivity contribution in [3.8, 4) is 28.7 Å². The number of nitrogens with zero attached hydrogens (tertiary/aromatic N) is 5. The van der Waals surface area contributed by atoms with Crippen LogP contribution in [0.25, 0.3) is 22.6 Å². The number of halogens is 3. The molecule has 2 heterocycles. The molecule has 0 saturated heterocycles. The minimum absolute atomic E-state index is 0.0447. The van der Waals surface area contributed by atoms with Gasteiger partial charge in [0.2, 0.25) is 0 Å². The van der Waals surface area contributed by atoms with E-state index in [0.717, 1.165) is 21.3 Å². The van der Waals surface area contributed by atoms with Gasteiger partial charge >= 0.3 is 11.9 Å². The van der Waals surface area contributed by atoms with E-state index in [2.05, 4.69) is 5.10 Å². The van der Waals surface area contributed by atoms with Crippen LogP contribution in [-0.2, 0) is 19.8 Å². The van der Waals surface area contributed by atoms with Crippen LogP contribution < -0.4 is 11.2 Å². The molecule has 1 N–H and O–H groups in total. The molecule has 0 spiro atoms. The fourth-order valence-electron chi connectivity index (χ4n) is 3.91. The molecule has 11 heteroatoms. The van der Waals surface area contributed by atoms with Gasteiger partial charge in [-0.3, -0.25) is 13.9 Å². The molecule has 0 aliphatic carbocycles. The third kappa shape index (κ3) is 3.94. The number of aromatic nitrogens is 4. The molecule has 4 rings (SSSR count). The average molecular weight is 481 g/mol. The highest BCUT2D eigenvalue weighted by Gasteiger charge is 2.31. The quantitative estimate of drug-likeness (QED) is 0.482. The van der Waals surface area contributed by atoms with Crippen LogP contribution in [0.3, 0.4) is 0 Å². The first-order valence-electron chi connectivity index (χ1n) is 10.3. The molecule has 0 saturated carbocycles. The lowest BCUT2D eigenvalue weighted by molar-refractivity contribution is -0.137. The van der Waals surface area contributed by atoms with E-state index in [1.54, 1.807) is 24.3 Å². The molecule has 0 bridgehead atoms. The Bertz CT molecular complexity index is 1610. The van der Waals surface area contributed by atoms with E-state index in [4.69, 9.17) is 0 Å². The number of aliphatic hydroxyl groups is 1. The minimum Gasteiger partial charge on any atom is -0.392 e. The summed E-state index contributed by atoms with van der Waals surface area (Å²) in [5.41, 5.74) is -1.73. The number of para-hydroxylation sites is 1. The number of alkyl halides is 3. The third-order valence-electron chi connectivity index (χ3n) is 5.63. The first-order valence-corrected chi connectivity index (χ1v) is 10.3. The number of aliphatic hydroxyl groups excluding tert-OH is 1. The molecule has 35 heavy (non-hydrogen) atoms. The maximum atomic E-state index is 13.3. The third-order valence-corrected chi connectivity index (χ3v) is 5.63. The molecular weight excluding hydrogens is 463 g/mol. The van der Waals surface area contributed by atoms with Crippen LogP contribution in [0, 0.1) is 18.3 Å².